The summed E-state index contributed by atoms with van der Waals surface area (Å²) in [6.45, 7) is 3.54. The summed E-state index contributed by atoms with van der Waals surface area (Å²) in [7, 11) is -3.40. The Balaban J connectivity index is 2.07. The first-order valence-electron chi connectivity index (χ1n) is 7.57. The number of benzene rings is 1. The normalized spacial score (nSPS) is 11.5. The van der Waals surface area contributed by atoms with Crippen LogP contribution in [0, 0.1) is 13.8 Å². The lowest BCUT2D eigenvalue weighted by molar-refractivity contribution is 0.0696. The van der Waals surface area contributed by atoms with Crippen molar-refractivity contribution in [3.05, 3.63) is 47.4 Å². The van der Waals surface area contributed by atoms with E-state index in [1.807, 2.05) is 6.92 Å². The summed E-state index contributed by atoms with van der Waals surface area (Å²) in [5.41, 5.74) is 3.11. The molecule has 0 unspecified atom stereocenters. The number of carbonyl (C=O) groups is 1. The van der Waals surface area contributed by atoms with Gasteiger partial charge in [0.15, 0.2) is 5.82 Å². The molecule has 3 N–H and O–H groups in total. The smallest absolute Gasteiger partial charge is 0.337 e. The summed E-state index contributed by atoms with van der Waals surface area (Å²) < 4.78 is 26.7. The Labute approximate surface area is 149 Å². The average molecular weight is 375 g/mol. The van der Waals surface area contributed by atoms with Crippen LogP contribution in [0.5, 0.6) is 0 Å². The van der Waals surface area contributed by atoms with Crippen LogP contribution in [-0.4, -0.2) is 40.3 Å². The minimum absolute atomic E-state index is 0.137. The van der Waals surface area contributed by atoms with Gasteiger partial charge in [-0.3, -0.25) is 4.72 Å². The van der Waals surface area contributed by atoms with Crippen molar-refractivity contribution in [2.45, 2.75) is 13.8 Å². The van der Waals surface area contributed by atoms with Crippen molar-refractivity contribution in [3.8, 4) is 0 Å². The molecule has 10 heteroatoms. The van der Waals surface area contributed by atoms with Crippen LogP contribution in [0.1, 0.15) is 21.5 Å². The monoisotopic (exact) mass is 375 g/mol. The number of fused-ring (bicyclic) bond motifs is 1. The molecule has 0 aliphatic rings. The molecule has 0 spiro atoms. The van der Waals surface area contributed by atoms with Crippen molar-refractivity contribution in [2.75, 3.05) is 16.3 Å². The molecule has 9 nitrogen and oxygen atoms in total. The zero-order valence-corrected chi connectivity index (χ0v) is 15.1. The minimum Gasteiger partial charge on any atom is -0.478 e. The number of rotatable bonds is 5. The molecular weight excluding hydrogens is 358 g/mol. The maximum atomic E-state index is 11.4. The summed E-state index contributed by atoms with van der Waals surface area (Å²) in [5.74, 6) is -0.626. The lowest BCUT2D eigenvalue weighted by Crippen LogP contribution is -2.10. The first-order chi connectivity index (χ1) is 12.2. The van der Waals surface area contributed by atoms with Crippen molar-refractivity contribution < 1.29 is 18.3 Å². The van der Waals surface area contributed by atoms with E-state index < -0.39 is 16.0 Å². The van der Waals surface area contributed by atoms with Crippen LogP contribution in [0.15, 0.2) is 30.7 Å². The quantitative estimate of drug-likeness (QED) is 0.624. The third kappa shape index (κ3) is 3.45. The second-order valence-electron chi connectivity index (χ2n) is 5.90. The predicted molar refractivity (Wildman–Crippen MR) is 97.6 cm³/mol. The fourth-order valence-electron chi connectivity index (χ4n) is 2.63. The summed E-state index contributed by atoms with van der Waals surface area (Å²) in [6, 6.07) is 5.06. The molecule has 3 aromatic rings. The van der Waals surface area contributed by atoms with E-state index in [4.69, 9.17) is 0 Å². The molecule has 0 radical (unpaired) electrons. The number of nitrogens with one attached hydrogen (secondary N) is 2. The molecule has 26 heavy (non-hydrogen) atoms. The Morgan fingerprint density at radius 3 is 2.65 bits per heavy atom. The van der Waals surface area contributed by atoms with Crippen LogP contribution >= 0.6 is 0 Å². The highest BCUT2D eigenvalue weighted by atomic mass is 32.2. The molecule has 0 fully saturated rings. The van der Waals surface area contributed by atoms with Gasteiger partial charge in [0.1, 0.15) is 11.8 Å². The van der Waals surface area contributed by atoms with Crippen LogP contribution in [0.2, 0.25) is 0 Å². The van der Waals surface area contributed by atoms with E-state index >= 15 is 0 Å². The lowest BCUT2D eigenvalue weighted by Gasteiger charge is -2.12. The van der Waals surface area contributed by atoms with E-state index in [-0.39, 0.29) is 5.56 Å². The molecule has 0 bridgehead atoms. The van der Waals surface area contributed by atoms with E-state index in [2.05, 4.69) is 20.1 Å². The van der Waals surface area contributed by atoms with Crippen molar-refractivity contribution in [3.63, 3.8) is 0 Å². The molecule has 136 valence electrons. The molecule has 3 rings (SSSR count). The van der Waals surface area contributed by atoms with Crippen molar-refractivity contribution >= 4 is 38.7 Å². The molecule has 2 aromatic heterocycles. The molecule has 0 aliphatic heterocycles. The second kappa shape index (κ2) is 6.30. The third-order valence-corrected chi connectivity index (χ3v) is 4.46. The van der Waals surface area contributed by atoms with Crippen LogP contribution in [0.25, 0.3) is 5.52 Å². The molecule has 0 saturated carbocycles. The largest absolute Gasteiger partial charge is 0.478 e. The van der Waals surface area contributed by atoms with Crippen molar-refractivity contribution in [1.82, 2.24) is 14.6 Å². The molecule has 1 aromatic carbocycles. The van der Waals surface area contributed by atoms with E-state index in [1.165, 1.54) is 17.0 Å². The van der Waals surface area contributed by atoms with Crippen LogP contribution in [0.4, 0.5) is 17.2 Å². The summed E-state index contributed by atoms with van der Waals surface area (Å²) in [5, 5.41) is 16.5. The summed E-state index contributed by atoms with van der Waals surface area (Å²) >= 11 is 0. The average Bonchev–Trinajstić information content (AvgIpc) is 2.87. The van der Waals surface area contributed by atoms with Gasteiger partial charge < -0.3 is 10.4 Å². The molecule has 2 heterocycles. The van der Waals surface area contributed by atoms with E-state index in [0.717, 1.165) is 11.8 Å². The van der Waals surface area contributed by atoms with E-state index in [0.29, 0.717) is 28.3 Å². The Morgan fingerprint density at radius 1 is 1.27 bits per heavy atom. The minimum atomic E-state index is -3.40. The Bertz CT molecular complexity index is 1120. The van der Waals surface area contributed by atoms with Gasteiger partial charge in [0.2, 0.25) is 10.0 Å². The zero-order valence-electron chi connectivity index (χ0n) is 14.3. The van der Waals surface area contributed by atoms with Gasteiger partial charge in [-0.1, -0.05) is 6.07 Å². The maximum absolute atomic E-state index is 11.4. The number of hydrogen-bond donors (Lipinski definition) is 3. The Hall–Kier alpha value is -3.14. The molecule has 0 atom stereocenters. The topological polar surface area (TPSA) is 126 Å². The van der Waals surface area contributed by atoms with Gasteiger partial charge in [-0.15, -0.1) is 0 Å². The third-order valence-electron chi connectivity index (χ3n) is 3.85. The van der Waals surface area contributed by atoms with Gasteiger partial charge in [0.05, 0.1) is 17.5 Å². The van der Waals surface area contributed by atoms with E-state index in [1.54, 1.807) is 25.1 Å². The fourth-order valence-corrected chi connectivity index (χ4v) is 3.18. The molecule has 0 aliphatic carbocycles. The maximum Gasteiger partial charge on any atom is 0.337 e. The fraction of sp³-hybridized carbons (Fsp3) is 0.188. The highest BCUT2D eigenvalue weighted by molar-refractivity contribution is 7.92. The summed E-state index contributed by atoms with van der Waals surface area (Å²) in [6.07, 6.45) is 3.81. The molecule has 0 saturated heterocycles. The van der Waals surface area contributed by atoms with Gasteiger partial charge in [0, 0.05) is 11.9 Å². The van der Waals surface area contributed by atoms with Gasteiger partial charge in [-0.25, -0.2) is 22.7 Å². The molecular formula is C16H17N5O4S. The van der Waals surface area contributed by atoms with Gasteiger partial charge in [-0.2, -0.15) is 5.10 Å². The number of carboxylic acids is 1. The van der Waals surface area contributed by atoms with Crippen LogP contribution in [0.3, 0.4) is 0 Å². The van der Waals surface area contributed by atoms with Crippen LogP contribution in [-0.2, 0) is 10.0 Å². The van der Waals surface area contributed by atoms with Crippen molar-refractivity contribution in [2.24, 2.45) is 0 Å². The Kier molecular flexibility index (Phi) is 4.28. The number of anilines is 3. The number of sulfonamides is 1. The predicted octanol–water partition coefficient (Wildman–Crippen LogP) is 2.16. The first-order valence-corrected chi connectivity index (χ1v) is 9.46. The van der Waals surface area contributed by atoms with E-state index in [9.17, 15) is 18.3 Å². The number of carboxylic acid groups (broad SMARTS) is 1. The lowest BCUT2D eigenvalue weighted by atomic mass is 10.1. The van der Waals surface area contributed by atoms with Crippen molar-refractivity contribution in [1.29, 1.82) is 0 Å². The van der Waals surface area contributed by atoms with Gasteiger partial charge in [0.25, 0.3) is 0 Å². The van der Waals surface area contributed by atoms with Crippen LogP contribution < -0.4 is 10.0 Å². The highest BCUT2D eigenvalue weighted by Gasteiger charge is 2.17. The highest BCUT2D eigenvalue weighted by Crippen LogP contribution is 2.28. The second-order valence-corrected chi connectivity index (χ2v) is 7.65. The summed E-state index contributed by atoms with van der Waals surface area (Å²) in [4.78, 5) is 15.6. The van der Waals surface area contributed by atoms with Gasteiger partial charge in [-0.05, 0) is 37.1 Å². The number of aromatic carboxylic acids is 1. The SMILES string of the molecule is Cc1ccc(NS(C)(=O)=O)cc1Nc1ncnn2cc(C(=O)O)c(C)c12. The standard InChI is InChI=1S/C16H17N5O4S/c1-9-4-5-11(20-26(3,24)25)6-13(9)19-15-14-10(2)12(16(22)23)7-21(14)18-8-17-15/h4-8,20H,1-3H3,(H,22,23)(H,17,18,19). The number of aryl methyl sites for hydroxylation is 2. The first kappa shape index (κ1) is 17.7. The molecule has 0 amide bonds. The number of aromatic nitrogens is 3. The number of nitrogens with zero attached hydrogens (tertiary/aromatic N) is 3. The number of hydrogen-bond acceptors (Lipinski definition) is 6. The van der Waals surface area contributed by atoms with Gasteiger partial charge >= 0.3 is 5.97 Å². The zero-order chi connectivity index (χ0) is 19.1. The Morgan fingerprint density at radius 2 is 2.00 bits per heavy atom.